The highest BCUT2D eigenvalue weighted by molar-refractivity contribution is 6.08. The van der Waals surface area contributed by atoms with Gasteiger partial charge in [0.25, 0.3) is 0 Å². The molecule has 3 heterocycles. The first-order valence-corrected chi connectivity index (χ1v) is 6.82. The van der Waals surface area contributed by atoms with Crippen LogP contribution in [-0.2, 0) is 16.2 Å². The number of rotatable bonds is 2. The van der Waals surface area contributed by atoms with Crippen molar-refractivity contribution < 1.29 is 14.3 Å². The number of cyclic esters (lactones) is 1. The Morgan fingerprint density at radius 3 is 2.95 bits per heavy atom. The van der Waals surface area contributed by atoms with Gasteiger partial charge in [-0.05, 0) is 19.1 Å². The Labute approximate surface area is 121 Å². The molecule has 0 bridgehead atoms. The molecule has 2 aromatic heterocycles. The van der Waals surface area contributed by atoms with Gasteiger partial charge in [0.05, 0.1) is 5.52 Å². The number of pyridine rings is 1. The number of ether oxygens (including phenoxy) is 2. The molecule has 3 aromatic rings. The number of esters is 1. The summed E-state index contributed by atoms with van der Waals surface area (Å²) in [5.74, 6) is -0.353. The number of carbonyl (C=O) groups excluding carboxylic acids is 1. The van der Waals surface area contributed by atoms with Gasteiger partial charge in [0.1, 0.15) is 18.5 Å². The fraction of sp³-hybridized carbons (Fsp3) is 0.250. The highest BCUT2D eigenvalue weighted by Gasteiger charge is 2.31. The number of carbonyl (C=O) groups is 1. The Bertz CT molecular complexity index is 882. The van der Waals surface area contributed by atoms with E-state index in [1.54, 1.807) is 7.11 Å². The van der Waals surface area contributed by atoms with Crippen molar-refractivity contribution in [3.8, 4) is 0 Å². The molecule has 0 N–H and O–H groups in total. The molecule has 1 aliphatic heterocycles. The van der Waals surface area contributed by atoms with Gasteiger partial charge in [-0.1, -0.05) is 18.2 Å². The van der Waals surface area contributed by atoms with Crippen molar-refractivity contribution in [3.05, 3.63) is 41.6 Å². The molecule has 4 rings (SSSR count). The van der Waals surface area contributed by atoms with E-state index >= 15 is 0 Å². The van der Waals surface area contributed by atoms with Gasteiger partial charge in [-0.15, -0.1) is 0 Å². The summed E-state index contributed by atoms with van der Waals surface area (Å²) >= 11 is 0. The molecule has 5 heteroatoms. The predicted molar refractivity (Wildman–Crippen MR) is 78.1 cm³/mol. The van der Waals surface area contributed by atoms with Gasteiger partial charge in [-0.25, -0.2) is 9.78 Å². The summed E-state index contributed by atoms with van der Waals surface area (Å²) in [6.07, 6.45) is -0.242. The average Bonchev–Trinajstić information content (AvgIpc) is 2.95. The molecule has 0 amide bonds. The first-order chi connectivity index (χ1) is 10.2. The maximum atomic E-state index is 11.9. The van der Waals surface area contributed by atoms with Crippen LogP contribution in [0.3, 0.4) is 0 Å². The third-order valence-electron chi connectivity index (χ3n) is 3.95. The number of aromatic nitrogens is 2. The molecule has 5 nitrogen and oxygen atoms in total. The van der Waals surface area contributed by atoms with Gasteiger partial charge < -0.3 is 14.0 Å². The van der Waals surface area contributed by atoms with E-state index in [0.29, 0.717) is 12.4 Å². The minimum absolute atomic E-state index is 0.242. The van der Waals surface area contributed by atoms with Gasteiger partial charge in [0.2, 0.25) is 0 Å². The Hall–Kier alpha value is -2.40. The van der Waals surface area contributed by atoms with Crippen LogP contribution >= 0.6 is 0 Å². The Morgan fingerprint density at radius 2 is 2.14 bits per heavy atom. The molecule has 21 heavy (non-hydrogen) atoms. The van der Waals surface area contributed by atoms with E-state index in [-0.39, 0.29) is 12.1 Å². The number of nitrogens with zero attached hydrogens (tertiary/aromatic N) is 2. The number of para-hydroxylation sites is 1. The van der Waals surface area contributed by atoms with Crippen LogP contribution in [0.15, 0.2) is 30.3 Å². The van der Waals surface area contributed by atoms with E-state index < -0.39 is 0 Å². The second kappa shape index (κ2) is 4.30. The molecule has 0 radical (unpaired) electrons. The molecule has 0 aliphatic carbocycles. The normalized spacial score (nSPS) is 17.4. The van der Waals surface area contributed by atoms with Crippen molar-refractivity contribution in [2.75, 3.05) is 7.11 Å². The highest BCUT2D eigenvalue weighted by atomic mass is 16.5. The van der Waals surface area contributed by atoms with E-state index in [1.807, 2.05) is 35.8 Å². The first kappa shape index (κ1) is 12.3. The van der Waals surface area contributed by atoms with E-state index in [4.69, 9.17) is 9.47 Å². The number of hydrogen-bond donors (Lipinski definition) is 0. The molecule has 106 valence electrons. The summed E-state index contributed by atoms with van der Waals surface area (Å²) in [5, 5.41) is 2.12. The molecule has 1 aromatic carbocycles. The second-order valence-corrected chi connectivity index (χ2v) is 5.21. The van der Waals surface area contributed by atoms with Crippen LogP contribution in [0.2, 0.25) is 0 Å². The van der Waals surface area contributed by atoms with Crippen molar-refractivity contribution in [2.24, 2.45) is 0 Å². The van der Waals surface area contributed by atoms with Crippen molar-refractivity contribution in [1.29, 1.82) is 0 Å². The van der Waals surface area contributed by atoms with Crippen LogP contribution in [0, 0.1) is 0 Å². The highest BCUT2D eigenvalue weighted by Crippen LogP contribution is 2.35. The van der Waals surface area contributed by atoms with Gasteiger partial charge in [0, 0.05) is 23.4 Å². The first-order valence-electron chi connectivity index (χ1n) is 6.82. The Kier molecular flexibility index (Phi) is 2.53. The van der Waals surface area contributed by atoms with Crippen LogP contribution in [-0.4, -0.2) is 22.6 Å². The lowest BCUT2D eigenvalue weighted by atomic mass is 10.1. The SMILES string of the molecule is COCn1c2ccccc2c2cc3c(nc21)C(=O)OC3C. The summed E-state index contributed by atoms with van der Waals surface area (Å²) in [6, 6.07) is 10.1. The smallest absolute Gasteiger partial charge is 0.358 e. The Morgan fingerprint density at radius 1 is 1.33 bits per heavy atom. The third kappa shape index (κ3) is 1.61. The molecule has 1 atom stereocenters. The van der Waals surface area contributed by atoms with E-state index in [2.05, 4.69) is 11.1 Å². The van der Waals surface area contributed by atoms with Crippen molar-refractivity contribution in [2.45, 2.75) is 19.8 Å². The maximum Gasteiger partial charge on any atom is 0.358 e. The number of hydrogen-bond acceptors (Lipinski definition) is 4. The number of benzene rings is 1. The van der Waals surface area contributed by atoms with E-state index in [0.717, 1.165) is 27.5 Å². The molecule has 0 saturated heterocycles. The number of methoxy groups -OCH3 is 1. The molecular formula is C16H14N2O3. The topological polar surface area (TPSA) is 53.4 Å². The van der Waals surface area contributed by atoms with Gasteiger partial charge in [-0.2, -0.15) is 0 Å². The fourth-order valence-electron chi connectivity index (χ4n) is 2.99. The summed E-state index contributed by atoms with van der Waals surface area (Å²) in [6.45, 7) is 2.26. The van der Waals surface area contributed by atoms with Crippen LogP contribution < -0.4 is 0 Å². The lowest BCUT2D eigenvalue weighted by molar-refractivity contribution is 0.0418. The third-order valence-corrected chi connectivity index (χ3v) is 3.95. The van der Waals surface area contributed by atoms with Gasteiger partial charge in [-0.3, -0.25) is 0 Å². The lowest BCUT2D eigenvalue weighted by Gasteiger charge is -2.05. The van der Waals surface area contributed by atoms with Crippen LogP contribution in [0.25, 0.3) is 21.9 Å². The van der Waals surface area contributed by atoms with Crippen LogP contribution in [0.5, 0.6) is 0 Å². The van der Waals surface area contributed by atoms with Crippen molar-refractivity contribution in [1.82, 2.24) is 9.55 Å². The van der Waals surface area contributed by atoms with Crippen molar-refractivity contribution >= 4 is 27.9 Å². The summed E-state index contributed by atoms with van der Waals surface area (Å²) < 4.78 is 12.5. The molecule has 1 unspecified atom stereocenters. The molecule has 1 aliphatic rings. The molecular weight excluding hydrogens is 268 g/mol. The minimum Gasteiger partial charge on any atom is -0.453 e. The molecule has 0 fully saturated rings. The van der Waals surface area contributed by atoms with Crippen molar-refractivity contribution in [3.63, 3.8) is 0 Å². The number of fused-ring (bicyclic) bond motifs is 4. The lowest BCUT2D eigenvalue weighted by Crippen LogP contribution is -2.03. The monoisotopic (exact) mass is 282 g/mol. The van der Waals surface area contributed by atoms with E-state index in [1.165, 1.54) is 0 Å². The summed E-state index contributed by atoms with van der Waals surface area (Å²) in [4.78, 5) is 16.4. The Balaban J connectivity index is 2.14. The maximum absolute atomic E-state index is 11.9. The largest absolute Gasteiger partial charge is 0.453 e. The van der Waals surface area contributed by atoms with Gasteiger partial charge in [0.15, 0.2) is 5.69 Å². The quantitative estimate of drug-likeness (QED) is 0.678. The van der Waals surface area contributed by atoms with E-state index in [9.17, 15) is 4.79 Å². The fourth-order valence-corrected chi connectivity index (χ4v) is 2.99. The average molecular weight is 282 g/mol. The zero-order valence-corrected chi connectivity index (χ0v) is 11.8. The van der Waals surface area contributed by atoms with Crippen LogP contribution in [0.4, 0.5) is 0 Å². The second-order valence-electron chi connectivity index (χ2n) is 5.21. The molecule has 0 spiro atoms. The van der Waals surface area contributed by atoms with Gasteiger partial charge >= 0.3 is 5.97 Å². The minimum atomic E-state index is -0.353. The predicted octanol–water partition coefficient (Wildman–Crippen LogP) is 3.02. The zero-order valence-electron chi connectivity index (χ0n) is 11.8. The standard InChI is InChI=1S/C16H14N2O3/c1-9-11-7-12-10-5-3-4-6-13(10)18(8-20-2)15(12)17-14(11)16(19)21-9/h3-7,9H,8H2,1-2H3. The molecule has 0 saturated carbocycles. The summed E-state index contributed by atoms with van der Waals surface area (Å²) in [5.41, 5.74) is 3.07. The summed E-state index contributed by atoms with van der Waals surface area (Å²) in [7, 11) is 1.64. The van der Waals surface area contributed by atoms with Crippen LogP contribution in [0.1, 0.15) is 29.1 Å². The zero-order chi connectivity index (χ0) is 14.6.